The van der Waals surface area contributed by atoms with E-state index in [0.717, 1.165) is 22.0 Å². The number of benzene rings is 1. The van der Waals surface area contributed by atoms with Gasteiger partial charge >= 0.3 is 5.97 Å². The molecular weight excluding hydrogens is 321 g/mol. The summed E-state index contributed by atoms with van der Waals surface area (Å²) in [7, 11) is -1.20. The number of para-hydroxylation sites is 1. The fraction of sp³-hybridized carbons (Fsp3) is 0.375. The van der Waals surface area contributed by atoms with Gasteiger partial charge in [0.2, 0.25) is 10.3 Å². The highest BCUT2D eigenvalue weighted by molar-refractivity contribution is 7.71. The molecule has 0 spiro atoms. The van der Waals surface area contributed by atoms with Gasteiger partial charge in [-0.2, -0.15) is 8.42 Å². The third-order valence-corrected chi connectivity index (χ3v) is 4.96. The lowest BCUT2D eigenvalue weighted by Gasteiger charge is -2.26. The number of fused-ring (bicyclic) bond motifs is 3. The van der Waals surface area contributed by atoms with Crippen LogP contribution in [0.4, 0.5) is 4.39 Å². The number of rotatable bonds is 3. The molecule has 0 aliphatic heterocycles. The summed E-state index contributed by atoms with van der Waals surface area (Å²) in [6.45, 7) is 0. The molecule has 0 bridgehead atoms. The van der Waals surface area contributed by atoms with Crippen molar-refractivity contribution in [3.8, 4) is 0 Å². The van der Waals surface area contributed by atoms with Crippen molar-refractivity contribution in [2.75, 3.05) is 7.11 Å². The van der Waals surface area contributed by atoms with Crippen molar-refractivity contribution in [1.82, 2.24) is 4.98 Å². The molecule has 122 valence electrons. The summed E-state index contributed by atoms with van der Waals surface area (Å²) in [6, 6.07) is 4.93. The molecule has 1 aromatic heterocycles. The Morgan fingerprint density at radius 1 is 1.48 bits per heavy atom. The van der Waals surface area contributed by atoms with E-state index >= 15 is 0 Å². The van der Waals surface area contributed by atoms with Crippen LogP contribution in [0.5, 0.6) is 0 Å². The Hall–Kier alpha value is -2.15. The minimum Gasteiger partial charge on any atom is -0.469 e. The van der Waals surface area contributed by atoms with E-state index in [-0.39, 0.29) is 11.7 Å². The number of aryl methyl sites for hydroxylation is 1. The molecule has 1 aliphatic carbocycles. The second-order valence-electron chi connectivity index (χ2n) is 5.69. The SMILES string of the molecule is COC(=O)C(C=S(=O)=O)C1CCc2c([nH]c3c(F)cccc23)C1. The van der Waals surface area contributed by atoms with E-state index < -0.39 is 22.2 Å². The van der Waals surface area contributed by atoms with Gasteiger partial charge in [-0.15, -0.1) is 0 Å². The number of carbonyl (C=O) groups excluding carboxylic acids is 1. The molecule has 2 aromatic rings. The summed E-state index contributed by atoms with van der Waals surface area (Å²) < 4.78 is 40.6. The lowest BCUT2D eigenvalue weighted by Crippen LogP contribution is -2.31. The van der Waals surface area contributed by atoms with Crippen LogP contribution >= 0.6 is 0 Å². The number of nitrogens with one attached hydrogen (secondary N) is 1. The topological polar surface area (TPSA) is 76.2 Å². The average Bonchev–Trinajstić information content (AvgIpc) is 2.91. The number of ether oxygens (including phenoxy) is 1. The van der Waals surface area contributed by atoms with Crippen LogP contribution < -0.4 is 0 Å². The average molecular weight is 337 g/mol. The molecule has 5 nitrogen and oxygen atoms in total. The normalized spacial score (nSPS) is 18.3. The first-order chi connectivity index (χ1) is 11.0. The Kier molecular flexibility index (Phi) is 4.21. The number of hydrogen-bond acceptors (Lipinski definition) is 4. The van der Waals surface area contributed by atoms with Gasteiger partial charge in [-0.05, 0) is 36.8 Å². The molecule has 1 aliphatic rings. The molecule has 1 N–H and O–H groups in total. The van der Waals surface area contributed by atoms with Gasteiger partial charge in [0.15, 0.2) is 0 Å². The molecule has 2 unspecified atom stereocenters. The van der Waals surface area contributed by atoms with E-state index in [1.807, 2.05) is 6.07 Å². The maximum Gasteiger partial charge on any atom is 0.313 e. The van der Waals surface area contributed by atoms with E-state index in [0.29, 0.717) is 24.8 Å². The number of hydrogen-bond donors (Lipinski definition) is 1. The summed E-state index contributed by atoms with van der Waals surface area (Å²) in [5.74, 6) is -1.89. The van der Waals surface area contributed by atoms with Gasteiger partial charge in [-0.25, -0.2) is 4.39 Å². The number of carbonyl (C=O) groups is 1. The molecule has 1 heterocycles. The second kappa shape index (κ2) is 6.16. The Balaban J connectivity index is 1.98. The predicted octanol–water partition coefficient (Wildman–Crippen LogP) is 1.88. The maximum absolute atomic E-state index is 13.9. The number of halogens is 1. The van der Waals surface area contributed by atoms with Crippen LogP contribution in [0.1, 0.15) is 17.7 Å². The van der Waals surface area contributed by atoms with E-state index in [9.17, 15) is 17.6 Å². The van der Waals surface area contributed by atoms with Crippen LogP contribution in [0.25, 0.3) is 10.9 Å². The van der Waals surface area contributed by atoms with Crippen LogP contribution in [-0.2, 0) is 32.7 Å². The van der Waals surface area contributed by atoms with Crippen molar-refractivity contribution in [3.63, 3.8) is 0 Å². The van der Waals surface area contributed by atoms with Gasteiger partial charge < -0.3 is 9.72 Å². The number of H-pyrrole nitrogens is 1. The molecule has 0 fully saturated rings. The van der Waals surface area contributed by atoms with Gasteiger partial charge in [0, 0.05) is 11.1 Å². The third-order valence-electron chi connectivity index (χ3n) is 4.45. The first kappa shape index (κ1) is 15.7. The molecule has 7 heteroatoms. The lowest BCUT2D eigenvalue weighted by atomic mass is 9.79. The standard InChI is InChI=1S/C16H16FNO4S/c1-22-16(19)12(8-23(20)21)9-5-6-10-11-3-2-4-13(17)15(11)18-14(10)7-9/h2-4,8-9,12,18H,5-7H2,1H3. The van der Waals surface area contributed by atoms with Gasteiger partial charge in [-0.3, -0.25) is 4.79 Å². The number of aromatic amines is 1. The van der Waals surface area contributed by atoms with Gasteiger partial charge in [0.05, 0.1) is 23.9 Å². The predicted molar refractivity (Wildman–Crippen MR) is 84.3 cm³/mol. The summed E-state index contributed by atoms with van der Waals surface area (Å²) in [5, 5.41) is 1.84. The highest BCUT2D eigenvalue weighted by Gasteiger charge is 2.33. The second-order valence-corrected chi connectivity index (χ2v) is 6.49. The van der Waals surface area contributed by atoms with Gasteiger partial charge in [0.1, 0.15) is 5.82 Å². The lowest BCUT2D eigenvalue weighted by molar-refractivity contribution is -0.144. The van der Waals surface area contributed by atoms with Crippen molar-refractivity contribution >= 4 is 32.5 Å². The van der Waals surface area contributed by atoms with Crippen molar-refractivity contribution in [2.45, 2.75) is 19.3 Å². The highest BCUT2D eigenvalue weighted by atomic mass is 32.2. The number of methoxy groups -OCH3 is 1. The molecule has 0 saturated carbocycles. The zero-order valence-corrected chi connectivity index (χ0v) is 13.3. The van der Waals surface area contributed by atoms with Gasteiger partial charge in [0.25, 0.3) is 0 Å². The van der Waals surface area contributed by atoms with Crippen molar-refractivity contribution in [3.05, 3.63) is 35.3 Å². The van der Waals surface area contributed by atoms with E-state index in [1.165, 1.54) is 13.2 Å². The summed E-state index contributed by atoms with van der Waals surface area (Å²) >= 11 is 0. The fourth-order valence-corrected chi connectivity index (χ4v) is 3.94. The highest BCUT2D eigenvalue weighted by Crippen LogP contribution is 2.35. The maximum atomic E-state index is 13.9. The minimum absolute atomic E-state index is 0.191. The first-order valence-corrected chi connectivity index (χ1v) is 8.44. The zero-order chi connectivity index (χ0) is 16.6. The number of aromatic nitrogens is 1. The molecule has 23 heavy (non-hydrogen) atoms. The molecular formula is C16H16FNO4S. The van der Waals surface area contributed by atoms with Crippen LogP contribution in [0.3, 0.4) is 0 Å². The van der Waals surface area contributed by atoms with E-state index in [4.69, 9.17) is 4.74 Å². The Bertz CT molecular complexity index is 892. The molecule has 1 aromatic carbocycles. The van der Waals surface area contributed by atoms with Crippen LogP contribution in [0.15, 0.2) is 18.2 Å². The molecule has 0 saturated heterocycles. The van der Waals surface area contributed by atoms with Crippen LogP contribution in [0, 0.1) is 17.7 Å². The Labute approximate surface area is 134 Å². The molecule has 3 rings (SSSR count). The molecule has 0 amide bonds. The van der Waals surface area contributed by atoms with Crippen molar-refractivity contribution < 1.29 is 22.3 Å². The Morgan fingerprint density at radius 2 is 2.26 bits per heavy atom. The molecule has 0 radical (unpaired) electrons. The third kappa shape index (κ3) is 2.88. The van der Waals surface area contributed by atoms with Crippen LogP contribution in [0.2, 0.25) is 0 Å². The van der Waals surface area contributed by atoms with E-state index in [2.05, 4.69) is 4.98 Å². The van der Waals surface area contributed by atoms with Crippen molar-refractivity contribution in [2.24, 2.45) is 11.8 Å². The van der Waals surface area contributed by atoms with Gasteiger partial charge in [-0.1, -0.05) is 12.1 Å². The van der Waals surface area contributed by atoms with E-state index in [1.54, 1.807) is 6.07 Å². The quantitative estimate of drug-likeness (QED) is 0.685. The molecule has 2 atom stereocenters. The fourth-order valence-electron chi connectivity index (χ4n) is 3.37. The van der Waals surface area contributed by atoms with Crippen LogP contribution in [-0.4, -0.2) is 31.8 Å². The summed E-state index contributed by atoms with van der Waals surface area (Å²) in [5.41, 5.74) is 2.37. The van der Waals surface area contributed by atoms with Crippen molar-refractivity contribution in [1.29, 1.82) is 0 Å². The Morgan fingerprint density at radius 3 is 2.96 bits per heavy atom. The number of esters is 1. The zero-order valence-electron chi connectivity index (χ0n) is 12.5. The smallest absolute Gasteiger partial charge is 0.313 e. The first-order valence-electron chi connectivity index (χ1n) is 7.30. The minimum atomic E-state index is -2.44. The summed E-state index contributed by atoms with van der Waals surface area (Å²) in [4.78, 5) is 15.0. The monoisotopic (exact) mass is 337 g/mol. The summed E-state index contributed by atoms with van der Waals surface area (Å²) in [6.07, 6.45) is 1.79. The largest absolute Gasteiger partial charge is 0.469 e.